The molecule has 3 unspecified atom stereocenters. The highest BCUT2D eigenvalue weighted by Gasteiger charge is 2.69. The van der Waals surface area contributed by atoms with Gasteiger partial charge in [0.25, 0.3) is 0 Å². The van der Waals surface area contributed by atoms with Crippen LogP contribution >= 0.6 is 0 Å². The first-order chi connectivity index (χ1) is 18.9. The fourth-order valence-electron chi connectivity index (χ4n) is 6.98. The molecule has 0 bridgehead atoms. The molecule has 2 aromatic carbocycles. The molecule has 6 N–H and O–H groups in total. The summed E-state index contributed by atoms with van der Waals surface area (Å²) in [5.74, 6) is -9.22. The maximum Gasteiger partial charge on any atom is 0.230 e. The zero-order valence-electron chi connectivity index (χ0n) is 22.4. The van der Waals surface area contributed by atoms with Crippen LogP contribution in [-0.2, 0) is 20.8 Å². The van der Waals surface area contributed by atoms with Crippen LogP contribution in [0.25, 0.3) is 11.1 Å². The third-order valence-electron chi connectivity index (χ3n) is 8.73. The number of fused-ring (bicyclic) bond motifs is 3. The number of rotatable bonds is 5. The zero-order chi connectivity index (χ0) is 29.1. The summed E-state index contributed by atoms with van der Waals surface area (Å²) in [5, 5.41) is 36.5. The van der Waals surface area contributed by atoms with Gasteiger partial charge in [-0.15, -0.1) is 0 Å². The van der Waals surface area contributed by atoms with Crippen molar-refractivity contribution >= 4 is 35.3 Å². The van der Waals surface area contributed by atoms with E-state index in [-0.39, 0.29) is 24.2 Å². The second-order valence-electron chi connectivity index (χ2n) is 11.1. The van der Waals surface area contributed by atoms with Gasteiger partial charge >= 0.3 is 0 Å². The molecule has 1 amide bonds. The molecule has 0 heterocycles. The summed E-state index contributed by atoms with van der Waals surface area (Å²) < 4.78 is 0. The molecule has 3 aliphatic rings. The fourth-order valence-corrected chi connectivity index (χ4v) is 6.98. The highest BCUT2D eigenvalue weighted by atomic mass is 16.3. The number of benzene rings is 2. The first-order valence-corrected chi connectivity index (χ1v) is 13.0. The van der Waals surface area contributed by atoms with Crippen LogP contribution in [0.1, 0.15) is 22.3 Å². The van der Waals surface area contributed by atoms with Crippen LogP contribution in [0.4, 0.5) is 5.69 Å². The van der Waals surface area contributed by atoms with E-state index in [0.717, 1.165) is 11.3 Å². The van der Waals surface area contributed by atoms with E-state index in [1.165, 1.54) is 6.07 Å². The summed E-state index contributed by atoms with van der Waals surface area (Å²) in [7, 11) is 4.87. The minimum atomic E-state index is -2.68. The topological polar surface area (TPSA) is 183 Å². The molecule has 0 aromatic heterocycles. The lowest BCUT2D eigenvalue weighted by atomic mass is 9.52. The Labute approximate surface area is 230 Å². The quantitative estimate of drug-likeness (QED) is 0.201. The van der Waals surface area contributed by atoms with Crippen LogP contribution in [0.5, 0.6) is 5.75 Å². The Kier molecular flexibility index (Phi) is 6.85. The smallest absolute Gasteiger partial charge is 0.230 e. The predicted molar refractivity (Wildman–Crippen MR) is 146 cm³/mol. The van der Waals surface area contributed by atoms with E-state index in [9.17, 15) is 34.5 Å². The first kappa shape index (κ1) is 27.6. The van der Waals surface area contributed by atoms with E-state index in [4.69, 9.17) is 5.73 Å². The Balaban J connectivity index is 1.60. The van der Waals surface area contributed by atoms with Crippen molar-refractivity contribution in [2.24, 2.45) is 34.4 Å². The lowest BCUT2D eigenvalue weighted by molar-refractivity contribution is -0.190. The molecule has 11 nitrogen and oxygen atoms in total. The van der Waals surface area contributed by atoms with Crippen LogP contribution in [0, 0.1) is 23.7 Å². The molecule has 0 radical (unpaired) electrons. The van der Waals surface area contributed by atoms with Gasteiger partial charge in [0.1, 0.15) is 11.7 Å². The molecule has 11 heteroatoms. The van der Waals surface area contributed by atoms with E-state index in [2.05, 4.69) is 10.3 Å². The van der Waals surface area contributed by atoms with Crippen molar-refractivity contribution in [2.75, 3.05) is 26.5 Å². The van der Waals surface area contributed by atoms with Crippen molar-refractivity contribution in [3.63, 3.8) is 0 Å². The number of aliphatic hydroxyl groups excluding tert-OH is 1. The number of phenols is 1. The van der Waals surface area contributed by atoms with E-state index in [0.29, 0.717) is 11.1 Å². The first-order valence-electron chi connectivity index (χ1n) is 13.0. The number of carbonyl (C=O) groups excluding carboxylic acids is 4. The summed E-state index contributed by atoms with van der Waals surface area (Å²) in [6, 6.07) is 9.58. The molecule has 2 fully saturated rings. The Bertz CT molecular complexity index is 1440. The SMILES string of the molecule is CN=CNc1ccc(-c2ccc(O)c3c2C[C@@H]2C[C@@H]4[C@@H](N(C)C)C(O)C(C(N)=O)C(=O)[C@]4(O)C(=O)C2C3=O)cc1. The van der Waals surface area contributed by atoms with Crippen molar-refractivity contribution in [1.29, 1.82) is 0 Å². The number of carbonyl (C=O) groups is 4. The molecular weight excluding hydrogens is 516 g/mol. The van der Waals surface area contributed by atoms with Gasteiger partial charge in [-0.05, 0) is 67.7 Å². The molecule has 0 aliphatic heterocycles. The summed E-state index contributed by atoms with van der Waals surface area (Å²) in [4.78, 5) is 58.8. The van der Waals surface area contributed by atoms with Gasteiger partial charge in [0.15, 0.2) is 23.0 Å². The van der Waals surface area contributed by atoms with Gasteiger partial charge in [-0.2, -0.15) is 0 Å². The maximum atomic E-state index is 13.9. The average molecular weight is 549 g/mol. The molecular formula is C29H32N4O7. The number of aromatic hydroxyl groups is 1. The third kappa shape index (κ3) is 3.95. The number of nitrogens with one attached hydrogen (secondary N) is 1. The van der Waals surface area contributed by atoms with Gasteiger partial charge in [0.05, 0.1) is 23.9 Å². The number of amides is 1. The molecule has 5 rings (SSSR count). The Morgan fingerprint density at radius 2 is 1.80 bits per heavy atom. The lowest BCUT2D eigenvalue weighted by Gasteiger charge is -2.54. The predicted octanol–water partition coefficient (Wildman–Crippen LogP) is 0.396. The number of aliphatic imine (C=N–C) groups is 1. The number of likely N-dealkylation sites (N-methyl/N-ethyl adjacent to an activating group) is 1. The van der Waals surface area contributed by atoms with E-state index >= 15 is 0 Å². The van der Waals surface area contributed by atoms with Crippen molar-refractivity contribution in [1.82, 2.24) is 4.90 Å². The number of phenolic OH excluding ortho intramolecular Hbond substituents is 1. The fraction of sp³-hybridized carbons (Fsp3) is 0.414. The number of hydrogen-bond acceptors (Lipinski definition) is 9. The van der Waals surface area contributed by atoms with Gasteiger partial charge in [0, 0.05) is 24.7 Å². The Morgan fingerprint density at radius 1 is 1.12 bits per heavy atom. The van der Waals surface area contributed by atoms with Gasteiger partial charge in [-0.3, -0.25) is 24.2 Å². The lowest BCUT2D eigenvalue weighted by Crippen LogP contribution is -2.75. The maximum absolute atomic E-state index is 13.9. The number of aliphatic hydroxyl groups is 2. The molecule has 0 saturated heterocycles. The summed E-state index contributed by atoms with van der Waals surface area (Å²) >= 11 is 0. The molecule has 7 atom stereocenters. The summed E-state index contributed by atoms with van der Waals surface area (Å²) in [5.41, 5.74) is 5.59. The van der Waals surface area contributed by atoms with E-state index < -0.39 is 64.7 Å². The Morgan fingerprint density at radius 3 is 2.40 bits per heavy atom. The third-order valence-corrected chi connectivity index (χ3v) is 8.73. The number of ketones is 3. The van der Waals surface area contributed by atoms with Crippen molar-refractivity contribution in [3.05, 3.63) is 47.5 Å². The van der Waals surface area contributed by atoms with Crippen LogP contribution in [0.3, 0.4) is 0 Å². The van der Waals surface area contributed by atoms with Gasteiger partial charge < -0.3 is 31.3 Å². The van der Waals surface area contributed by atoms with Gasteiger partial charge in [-0.1, -0.05) is 18.2 Å². The minimum absolute atomic E-state index is 0.0200. The van der Waals surface area contributed by atoms with Gasteiger partial charge in [0.2, 0.25) is 5.91 Å². The molecule has 3 aliphatic carbocycles. The van der Waals surface area contributed by atoms with Crippen LogP contribution in [0.2, 0.25) is 0 Å². The Hall–Kier alpha value is -3.93. The minimum Gasteiger partial charge on any atom is -0.507 e. The number of anilines is 1. The summed E-state index contributed by atoms with van der Waals surface area (Å²) in [6.45, 7) is 0. The van der Waals surface area contributed by atoms with E-state index in [1.807, 2.05) is 24.3 Å². The molecule has 40 heavy (non-hydrogen) atoms. The number of primary amides is 1. The number of nitrogens with zero attached hydrogens (tertiary/aromatic N) is 2. The molecule has 210 valence electrons. The monoisotopic (exact) mass is 548 g/mol. The number of Topliss-reactive ketones (excluding diaryl/α,β-unsaturated/α-hetero) is 3. The van der Waals surface area contributed by atoms with Crippen molar-refractivity contribution < 1.29 is 34.5 Å². The van der Waals surface area contributed by atoms with Crippen LogP contribution < -0.4 is 11.1 Å². The molecule has 2 saturated carbocycles. The van der Waals surface area contributed by atoms with E-state index in [1.54, 1.807) is 38.4 Å². The number of hydrogen-bond donors (Lipinski definition) is 5. The summed E-state index contributed by atoms with van der Waals surface area (Å²) in [6.07, 6.45) is 0.298. The highest BCUT2D eigenvalue weighted by Crippen LogP contribution is 2.52. The van der Waals surface area contributed by atoms with Crippen LogP contribution in [-0.4, -0.2) is 88.7 Å². The van der Waals surface area contributed by atoms with Crippen LogP contribution in [0.15, 0.2) is 41.4 Å². The largest absolute Gasteiger partial charge is 0.507 e. The standard InChI is InChI=1S/C29H32N4O7/c1-31-12-32-15-6-4-13(5-7-15)16-8-9-19(34)21-17(16)10-14-11-18-23(33(2)3)25(36)22(28(30)39)27(38)29(18,40)26(37)20(14)24(21)35/h4-9,12,14,18,20,22-23,25,34,36,40H,10-11H2,1-3H3,(H2,30,39)(H,31,32)/t14-,18-,20?,22?,23-,25?,29-/m1/s1. The average Bonchev–Trinajstić information content (AvgIpc) is 2.89. The highest BCUT2D eigenvalue weighted by molar-refractivity contribution is 6.25. The van der Waals surface area contributed by atoms with Crippen molar-refractivity contribution in [3.8, 4) is 16.9 Å². The number of nitrogens with two attached hydrogens (primary N) is 1. The molecule has 0 spiro atoms. The second-order valence-corrected chi connectivity index (χ2v) is 11.1. The zero-order valence-corrected chi connectivity index (χ0v) is 22.4. The van der Waals surface area contributed by atoms with Gasteiger partial charge in [-0.25, -0.2) is 0 Å². The molecule has 2 aromatic rings. The normalized spacial score (nSPS) is 31.6. The van der Waals surface area contributed by atoms with Crippen molar-refractivity contribution in [2.45, 2.75) is 30.6 Å². The second kappa shape index (κ2) is 9.92.